The number of nitrogens with one attached hydrogen (secondary N) is 1. The van der Waals surface area contributed by atoms with E-state index in [4.69, 9.17) is 5.73 Å². The molecule has 164 valence electrons. The Morgan fingerprint density at radius 3 is 2.22 bits per heavy atom. The fourth-order valence-corrected chi connectivity index (χ4v) is 3.98. The first kappa shape index (κ1) is 20.2. The quantitative estimate of drug-likeness (QED) is 0.574. The third-order valence-corrected chi connectivity index (χ3v) is 6.08. The number of hydrogen-bond acceptors (Lipinski definition) is 6. The zero-order valence-corrected chi connectivity index (χ0v) is 17.5. The lowest BCUT2D eigenvalue weighted by molar-refractivity contribution is -0.143. The van der Waals surface area contributed by atoms with Crippen LogP contribution in [-0.2, 0) is 4.79 Å². The fourth-order valence-electron chi connectivity index (χ4n) is 3.98. The number of aliphatic hydroxyl groups is 1. The van der Waals surface area contributed by atoms with Crippen molar-refractivity contribution in [3.63, 3.8) is 0 Å². The van der Waals surface area contributed by atoms with Crippen molar-refractivity contribution in [2.75, 3.05) is 31.9 Å². The summed E-state index contributed by atoms with van der Waals surface area (Å²) in [4.78, 5) is 32.8. The summed E-state index contributed by atoms with van der Waals surface area (Å²) in [5, 5.41) is 16.7. The number of piperazine rings is 1. The van der Waals surface area contributed by atoms with Crippen LogP contribution in [0.5, 0.6) is 0 Å². The summed E-state index contributed by atoms with van der Waals surface area (Å²) in [5.74, 6) is 0.535. The van der Waals surface area contributed by atoms with E-state index in [0.717, 1.165) is 16.7 Å². The number of aromatic nitrogens is 3. The SMILES string of the molecule is Nc1n[nH]c(-c2cccc(-c3ccc(C(=O)N4CCN(C(=O)C5(O)CC5)CC4)cc3)c2)n1. The minimum absolute atomic E-state index is 0.0559. The second-order valence-corrected chi connectivity index (χ2v) is 8.32. The molecule has 1 aromatic heterocycles. The van der Waals surface area contributed by atoms with Crippen molar-refractivity contribution < 1.29 is 14.7 Å². The van der Waals surface area contributed by atoms with Crippen molar-refractivity contribution in [3.8, 4) is 22.5 Å². The number of anilines is 1. The Balaban J connectivity index is 1.25. The fraction of sp³-hybridized carbons (Fsp3) is 0.304. The van der Waals surface area contributed by atoms with Crippen LogP contribution in [0.4, 0.5) is 5.95 Å². The van der Waals surface area contributed by atoms with Crippen molar-refractivity contribution >= 4 is 17.8 Å². The zero-order valence-electron chi connectivity index (χ0n) is 17.5. The summed E-state index contributed by atoms with van der Waals surface area (Å²) in [5.41, 5.74) is 7.88. The van der Waals surface area contributed by atoms with Crippen LogP contribution in [0.1, 0.15) is 23.2 Å². The number of nitrogens with zero attached hydrogens (tertiary/aromatic N) is 4. The summed E-state index contributed by atoms with van der Waals surface area (Å²) in [7, 11) is 0. The van der Waals surface area contributed by atoms with Crippen molar-refractivity contribution in [3.05, 3.63) is 54.1 Å². The summed E-state index contributed by atoms with van der Waals surface area (Å²) < 4.78 is 0. The van der Waals surface area contributed by atoms with E-state index in [0.29, 0.717) is 50.4 Å². The van der Waals surface area contributed by atoms with Gasteiger partial charge in [-0.15, -0.1) is 5.10 Å². The monoisotopic (exact) mass is 432 g/mol. The van der Waals surface area contributed by atoms with Crippen molar-refractivity contribution in [1.82, 2.24) is 25.0 Å². The Hall–Kier alpha value is -3.72. The molecular weight excluding hydrogens is 408 g/mol. The summed E-state index contributed by atoms with van der Waals surface area (Å²) in [6, 6.07) is 15.3. The van der Waals surface area contributed by atoms with Crippen LogP contribution in [0.15, 0.2) is 48.5 Å². The molecule has 1 aliphatic carbocycles. The molecule has 1 aliphatic heterocycles. The molecule has 4 N–H and O–H groups in total. The molecule has 2 amide bonds. The van der Waals surface area contributed by atoms with Gasteiger partial charge < -0.3 is 20.6 Å². The van der Waals surface area contributed by atoms with Crippen molar-refractivity contribution in [2.24, 2.45) is 0 Å². The molecule has 0 atom stereocenters. The lowest BCUT2D eigenvalue weighted by atomic mass is 10.0. The highest BCUT2D eigenvalue weighted by Crippen LogP contribution is 2.37. The maximum atomic E-state index is 12.9. The van der Waals surface area contributed by atoms with Gasteiger partial charge >= 0.3 is 0 Å². The van der Waals surface area contributed by atoms with E-state index in [2.05, 4.69) is 15.2 Å². The van der Waals surface area contributed by atoms with E-state index >= 15 is 0 Å². The molecule has 9 nitrogen and oxygen atoms in total. The van der Waals surface area contributed by atoms with Gasteiger partial charge in [0.05, 0.1) is 0 Å². The highest BCUT2D eigenvalue weighted by atomic mass is 16.3. The molecule has 0 unspecified atom stereocenters. The highest BCUT2D eigenvalue weighted by molar-refractivity contribution is 5.95. The minimum atomic E-state index is -1.15. The Labute approximate surface area is 184 Å². The number of carbonyl (C=O) groups excluding carboxylic acids is 2. The van der Waals surface area contributed by atoms with Crippen molar-refractivity contribution in [1.29, 1.82) is 0 Å². The second-order valence-electron chi connectivity index (χ2n) is 8.32. The van der Waals surface area contributed by atoms with Gasteiger partial charge in [-0.2, -0.15) is 4.98 Å². The number of carbonyl (C=O) groups is 2. The van der Waals surface area contributed by atoms with Crippen LogP contribution in [0, 0.1) is 0 Å². The van der Waals surface area contributed by atoms with E-state index in [1.54, 1.807) is 9.80 Å². The van der Waals surface area contributed by atoms with Gasteiger partial charge in [-0.1, -0.05) is 30.3 Å². The standard InChI is InChI=1S/C23H24N6O3/c24-22-25-19(26-27-22)18-3-1-2-17(14-18)15-4-6-16(7-5-15)20(30)28-10-12-29(13-11-28)21(31)23(32)8-9-23/h1-7,14,32H,8-13H2,(H3,24,25,26,27). The van der Waals surface area contributed by atoms with Gasteiger partial charge in [0.25, 0.3) is 11.8 Å². The summed E-state index contributed by atoms with van der Waals surface area (Å²) >= 11 is 0. The Kier molecular flexibility index (Phi) is 4.90. The first-order chi connectivity index (χ1) is 15.4. The lowest BCUT2D eigenvalue weighted by Gasteiger charge is -2.35. The molecule has 2 aromatic carbocycles. The summed E-state index contributed by atoms with van der Waals surface area (Å²) in [6.45, 7) is 1.82. The Morgan fingerprint density at radius 1 is 0.938 bits per heavy atom. The lowest BCUT2D eigenvalue weighted by Crippen LogP contribution is -2.53. The van der Waals surface area contributed by atoms with Crippen LogP contribution in [0.2, 0.25) is 0 Å². The third kappa shape index (κ3) is 3.82. The molecule has 2 heterocycles. The van der Waals surface area contributed by atoms with Crippen LogP contribution in [0.25, 0.3) is 22.5 Å². The molecule has 0 spiro atoms. The first-order valence-corrected chi connectivity index (χ1v) is 10.6. The van der Waals surface area contributed by atoms with Crippen LogP contribution >= 0.6 is 0 Å². The van der Waals surface area contributed by atoms with Gasteiger partial charge in [-0.3, -0.25) is 14.7 Å². The average molecular weight is 432 g/mol. The minimum Gasteiger partial charge on any atom is -0.380 e. The molecule has 2 fully saturated rings. The maximum Gasteiger partial charge on any atom is 0.254 e. The van der Waals surface area contributed by atoms with E-state index in [1.807, 2.05) is 48.5 Å². The zero-order chi connectivity index (χ0) is 22.3. The van der Waals surface area contributed by atoms with E-state index < -0.39 is 5.60 Å². The van der Waals surface area contributed by atoms with E-state index in [-0.39, 0.29) is 17.8 Å². The topological polar surface area (TPSA) is 128 Å². The number of H-pyrrole nitrogens is 1. The normalized spacial score (nSPS) is 17.3. The second kappa shape index (κ2) is 7.76. The number of amides is 2. The van der Waals surface area contributed by atoms with Crippen LogP contribution in [0.3, 0.4) is 0 Å². The smallest absolute Gasteiger partial charge is 0.254 e. The first-order valence-electron chi connectivity index (χ1n) is 10.6. The number of nitrogens with two attached hydrogens (primary N) is 1. The molecule has 9 heteroatoms. The number of benzene rings is 2. The molecule has 0 radical (unpaired) electrons. The molecule has 5 rings (SSSR count). The third-order valence-electron chi connectivity index (χ3n) is 6.08. The van der Waals surface area contributed by atoms with Gasteiger partial charge in [-0.05, 0) is 42.2 Å². The number of hydrogen-bond donors (Lipinski definition) is 3. The predicted molar refractivity (Wildman–Crippen MR) is 118 cm³/mol. The molecular formula is C23H24N6O3. The molecule has 32 heavy (non-hydrogen) atoms. The number of nitrogen functional groups attached to an aromatic ring is 1. The van der Waals surface area contributed by atoms with Gasteiger partial charge in [0.2, 0.25) is 5.95 Å². The molecule has 2 aliphatic rings. The summed E-state index contributed by atoms with van der Waals surface area (Å²) in [6.07, 6.45) is 1.07. The van der Waals surface area contributed by atoms with Gasteiger partial charge in [0.1, 0.15) is 5.60 Å². The van der Waals surface area contributed by atoms with Crippen LogP contribution in [-0.4, -0.2) is 73.7 Å². The van der Waals surface area contributed by atoms with Gasteiger partial charge in [-0.25, -0.2) is 0 Å². The van der Waals surface area contributed by atoms with Gasteiger partial charge in [0, 0.05) is 37.3 Å². The molecule has 1 saturated carbocycles. The largest absolute Gasteiger partial charge is 0.380 e. The maximum absolute atomic E-state index is 12.9. The number of rotatable bonds is 4. The highest BCUT2D eigenvalue weighted by Gasteiger charge is 2.50. The van der Waals surface area contributed by atoms with E-state index in [9.17, 15) is 14.7 Å². The van der Waals surface area contributed by atoms with Crippen molar-refractivity contribution in [2.45, 2.75) is 18.4 Å². The van der Waals surface area contributed by atoms with E-state index in [1.165, 1.54) is 0 Å². The van der Waals surface area contributed by atoms with Crippen LogP contribution < -0.4 is 5.73 Å². The Morgan fingerprint density at radius 2 is 1.59 bits per heavy atom. The number of aromatic amines is 1. The molecule has 3 aromatic rings. The Bertz CT molecular complexity index is 1160. The molecule has 1 saturated heterocycles. The molecule has 0 bridgehead atoms. The average Bonchev–Trinajstić information content (AvgIpc) is 3.44. The predicted octanol–water partition coefficient (Wildman–Crippen LogP) is 1.53. The van der Waals surface area contributed by atoms with Gasteiger partial charge in [0.15, 0.2) is 5.82 Å².